The van der Waals surface area contributed by atoms with Gasteiger partial charge in [-0.1, -0.05) is 30.3 Å². The molecule has 0 saturated carbocycles. The molecular formula is C23H21FO5. The van der Waals surface area contributed by atoms with Crippen LogP contribution < -0.4 is 0 Å². The van der Waals surface area contributed by atoms with Gasteiger partial charge in [-0.2, -0.15) is 0 Å². The van der Waals surface area contributed by atoms with E-state index in [0.717, 1.165) is 10.9 Å². The third-order valence-electron chi connectivity index (χ3n) is 5.41. The van der Waals surface area contributed by atoms with E-state index in [0.29, 0.717) is 16.9 Å². The van der Waals surface area contributed by atoms with Crippen molar-refractivity contribution in [1.29, 1.82) is 0 Å². The molecular weight excluding hydrogens is 375 g/mol. The van der Waals surface area contributed by atoms with Gasteiger partial charge in [0, 0.05) is 23.3 Å². The number of carbonyl (C=O) groups excluding carboxylic acids is 2. The SMILES string of the molecule is CCOC(=O)C1(C(=O)OCC)Cc2oc3ccccc3c2C1c1ccc(F)cc1. The minimum atomic E-state index is -1.62. The number of rotatable bonds is 5. The highest BCUT2D eigenvalue weighted by Gasteiger charge is 2.62. The van der Waals surface area contributed by atoms with E-state index < -0.39 is 29.1 Å². The number of hydrogen-bond donors (Lipinski definition) is 0. The Morgan fingerprint density at radius 1 is 1.03 bits per heavy atom. The quantitative estimate of drug-likeness (QED) is 0.473. The molecule has 150 valence electrons. The van der Waals surface area contributed by atoms with Gasteiger partial charge in [-0.05, 0) is 37.6 Å². The largest absolute Gasteiger partial charge is 0.465 e. The van der Waals surface area contributed by atoms with Crippen LogP contribution in [-0.2, 0) is 25.5 Å². The Bertz CT molecular complexity index is 1050. The summed E-state index contributed by atoms with van der Waals surface area (Å²) in [6.07, 6.45) is 0.0245. The lowest BCUT2D eigenvalue weighted by Crippen LogP contribution is -2.46. The summed E-state index contributed by atoms with van der Waals surface area (Å²) in [7, 11) is 0. The van der Waals surface area contributed by atoms with E-state index in [1.54, 1.807) is 26.0 Å². The zero-order valence-corrected chi connectivity index (χ0v) is 16.2. The molecule has 6 heteroatoms. The van der Waals surface area contributed by atoms with Crippen LogP contribution in [0.2, 0.25) is 0 Å². The van der Waals surface area contributed by atoms with Crippen LogP contribution in [0.25, 0.3) is 11.0 Å². The molecule has 0 aliphatic heterocycles. The van der Waals surface area contributed by atoms with E-state index in [1.807, 2.05) is 24.3 Å². The summed E-state index contributed by atoms with van der Waals surface area (Å²) in [4.78, 5) is 26.4. The van der Waals surface area contributed by atoms with Crippen molar-refractivity contribution in [3.63, 3.8) is 0 Å². The van der Waals surface area contributed by atoms with Gasteiger partial charge < -0.3 is 13.9 Å². The number of halogens is 1. The van der Waals surface area contributed by atoms with Crippen molar-refractivity contribution < 1.29 is 27.9 Å². The second-order valence-corrected chi connectivity index (χ2v) is 7.01. The molecule has 1 aliphatic rings. The van der Waals surface area contributed by atoms with Crippen LogP contribution in [0.1, 0.15) is 36.7 Å². The first kappa shape index (κ1) is 19.2. The predicted octanol–water partition coefficient (Wildman–Crippen LogP) is 4.37. The maximum Gasteiger partial charge on any atom is 0.324 e. The molecule has 0 fully saturated rings. The molecule has 3 aromatic rings. The number of para-hydroxylation sites is 1. The van der Waals surface area contributed by atoms with E-state index in [1.165, 1.54) is 12.1 Å². The summed E-state index contributed by atoms with van der Waals surface area (Å²) in [6.45, 7) is 3.62. The van der Waals surface area contributed by atoms with Crippen LogP contribution >= 0.6 is 0 Å². The minimum absolute atomic E-state index is 0.0245. The Labute approximate surface area is 167 Å². The van der Waals surface area contributed by atoms with Crippen LogP contribution in [0, 0.1) is 11.2 Å². The first-order valence-electron chi connectivity index (χ1n) is 9.63. The number of hydrogen-bond acceptors (Lipinski definition) is 5. The van der Waals surface area contributed by atoms with Crippen LogP contribution in [0.15, 0.2) is 52.9 Å². The van der Waals surface area contributed by atoms with Crippen LogP contribution in [0.5, 0.6) is 0 Å². The zero-order chi connectivity index (χ0) is 20.6. The summed E-state index contributed by atoms with van der Waals surface area (Å²) in [5.41, 5.74) is 0.416. The maximum absolute atomic E-state index is 13.6. The Morgan fingerprint density at radius 2 is 1.66 bits per heavy atom. The van der Waals surface area contributed by atoms with Gasteiger partial charge >= 0.3 is 11.9 Å². The van der Waals surface area contributed by atoms with Crippen molar-refractivity contribution in [1.82, 2.24) is 0 Å². The Morgan fingerprint density at radius 3 is 2.28 bits per heavy atom. The van der Waals surface area contributed by atoms with E-state index in [9.17, 15) is 14.0 Å². The number of ether oxygens (including phenoxy) is 2. The van der Waals surface area contributed by atoms with E-state index in [4.69, 9.17) is 13.9 Å². The summed E-state index contributed by atoms with van der Waals surface area (Å²) >= 11 is 0. The molecule has 1 heterocycles. The average Bonchev–Trinajstić information content (AvgIpc) is 3.23. The van der Waals surface area contributed by atoms with Crippen molar-refractivity contribution >= 4 is 22.9 Å². The summed E-state index contributed by atoms with van der Waals surface area (Å²) < 4.78 is 30.3. The smallest absolute Gasteiger partial charge is 0.324 e. The molecule has 0 N–H and O–H groups in total. The molecule has 1 atom stereocenters. The van der Waals surface area contributed by atoms with Gasteiger partial charge in [-0.3, -0.25) is 9.59 Å². The number of benzene rings is 2. The standard InChI is InChI=1S/C23H21FO5/c1-3-27-21(25)23(22(26)28-4-2)13-18-19(16-7-5-6-8-17(16)29-18)20(23)14-9-11-15(24)12-10-14/h5-12,20H,3-4,13H2,1-2H3. The van der Waals surface area contributed by atoms with Gasteiger partial charge in [-0.25, -0.2) is 4.39 Å². The first-order valence-corrected chi connectivity index (χ1v) is 9.63. The number of fused-ring (bicyclic) bond motifs is 3. The Hall–Kier alpha value is -3.15. The monoisotopic (exact) mass is 396 g/mol. The van der Waals surface area contributed by atoms with Crippen molar-refractivity contribution in [2.75, 3.05) is 13.2 Å². The number of furan rings is 1. The summed E-state index contributed by atoms with van der Waals surface area (Å²) in [6, 6.07) is 13.3. The predicted molar refractivity (Wildman–Crippen MR) is 104 cm³/mol. The summed E-state index contributed by atoms with van der Waals surface area (Å²) in [5, 5.41) is 0.812. The van der Waals surface area contributed by atoms with Gasteiger partial charge in [0.1, 0.15) is 17.2 Å². The zero-order valence-electron chi connectivity index (χ0n) is 16.2. The molecule has 1 unspecified atom stereocenters. The third kappa shape index (κ3) is 2.90. The van der Waals surface area contributed by atoms with E-state index >= 15 is 0 Å². The molecule has 4 rings (SSSR count). The third-order valence-corrected chi connectivity index (χ3v) is 5.41. The van der Waals surface area contributed by atoms with Crippen LogP contribution in [0.4, 0.5) is 4.39 Å². The fraction of sp³-hybridized carbons (Fsp3) is 0.304. The van der Waals surface area contributed by atoms with Crippen molar-refractivity contribution in [3.8, 4) is 0 Å². The highest BCUT2D eigenvalue weighted by atomic mass is 19.1. The molecule has 0 saturated heterocycles. The van der Waals surface area contributed by atoms with E-state index in [-0.39, 0.29) is 19.6 Å². The Kier molecular flexibility index (Phi) is 4.86. The van der Waals surface area contributed by atoms with Crippen LogP contribution in [0.3, 0.4) is 0 Å². The van der Waals surface area contributed by atoms with Gasteiger partial charge in [0.25, 0.3) is 0 Å². The van der Waals surface area contributed by atoms with Crippen molar-refractivity contribution in [3.05, 3.63) is 71.2 Å². The molecule has 2 aromatic carbocycles. The minimum Gasteiger partial charge on any atom is -0.465 e. The molecule has 0 amide bonds. The lowest BCUT2D eigenvalue weighted by molar-refractivity contribution is -0.172. The lowest BCUT2D eigenvalue weighted by Gasteiger charge is -2.31. The second kappa shape index (κ2) is 7.35. The van der Waals surface area contributed by atoms with Crippen LogP contribution in [-0.4, -0.2) is 25.2 Å². The van der Waals surface area contributed by atoms with E-state index in [2.05, 4.69) is 0 Å². The molecule has 5 nitrogen and oxygen atoms in total. The maximum atomic E-state index is 13.6. The highest BCUT2D eigenvalue weighted by molar-refractivity contribution is 6.04. The lowest BCUT2D eigenvalue weighted by atomic mass is 9.72. The molecule has 1 aromatic heterocycles. The molecule has 0 spiro atoms. The van der Waals surface area contributed by atoms with Gasteiger partial charge in [0.05, 0.1) is 13.2 Å². The molecule has 1 aliphatic carbocycles. The average molecular weight is 396 g/mol. The number of esters is 2. The molecule has 0 radical (unpaired) electrons. The Balaban J connectivity index is 1.99. The van der Waals surface area contributed by atoms with Gasteiger partial charge in [0.2, 0.25) is 0 Å². The molecule has 29 heavy (non-hydrogen) atoms. The fourth-order valence-electron chi connectivity index (χ4n) is 4.26. The highest BCUT2D eigenvalue weighted by Crippen LogP contribution is 2.55. The normalized spacial score (nSPS) is 17.1. The molecule has 0 bridgehead atoms. The number of carbonyl (C=O) groups is 2. The van der Waals surface area contributed by atoms with Gasteiger partial charge in [0.15, 0.2) is 5.41 Å². The fourth-order valence-corrected chi connectivity index (χ4v) is 4.26. The second-order valence-electron chi connectivity index (χ2n) is 7.01. The van der Waals surface area contributed by atoms with Gasteiger partial charge in [-0.15, -0.1) is 0 Å². The topological polar surface area (TPSA) is 65.7 Å². The summed E-state index contributed by atoms with van der Waals surface area (Å²) in [5.74, 6) is -1.89. The van der Waals surface area contributed by atoms with Crippen molar-refractivity contribution in [2.45, 2.75) is 26.2 Å². The first-order chi connectivity index (χ1) is 14.0. The van der Waals surface area contributed by atoms with Crippen molar-refractivity contribution in [2.24, 2.45) is 5.41 Å².